The van der Waals surface area contributed by atoms with E-state index in [0.717, 1.165) is 30.6 Å². The first-order chi connectivity index (χ1) is 24.5. The monoisotopic (exact) mass is 769 g/mol. The lowest BCUT2D eigenvalue weighted by Gasteiger charge is -2.28. The fourth-order valence-corrected chi connectivity index (χ4v) is 6.26. The number of hydrogen-bond donors (Lipinski definition) is 5. The molecule has 1 aromatic heterocycles. The Morgan fingerprint density at radius 2 is 1.36 bits per heavy atom. The average molecular weight is 770 g/mol. The number of alkyl carbamates (subject to hydrolysis) is 1. The summed E-state index contributed by atoms with van der Waals surface area (Å²) in [6, 6.07) is 2.27. The summed E-state index contributed by atoms with van der Waals surface area (Å²) in [5.74, 6) is -4.64. The molecule has 0 aliphatic rings. The van der Waals surface area contributed by atoms with Gasteiger partial charge in [-0.15, -0.1) is 11.3 Å². The van der Waals surface area contributed by atoms with Gasteiger partial charge in [-0.3, -0.25) is 19.2 Å². The second-order valence-electron chi connectivity index (χ2n) is 14.0. The zero-order valence-corrected chi connectivity index (χ0v) is 32.4. The second kappa shape index (κ2) is 18.9. The molecule has 0 saturated carbocycles. The van der Waals surface area contributed by atoms with Crippen LogP contribution in [0, 0.1) is 18.8 Å². The van der Waals surface area contributed by atoms with Crippen LogP contribution in [0.15, 0.2) is 24.3 Å². The molecule has 0 saturated heterocycles. The van der Waals surface area contributed by atoms with Crippen molar-refractivity contribution in [1.29, 1.82) is 0 Å². The van der Waals surface area contributed by atoms with Crippen LogP contribution < -0.4 is 26.6 Å². The second-order valence-corrected chi connectivity index (χ2v) is 15.0. The zero-order valence-electron chi connectivity index (χ0n) is 31.6. The lowest BCUT2D eigenvalue weighted by atomic mass is 9.94. The highest BCUT2D eigenvalue weighted by Crippen LogP contribution is 2.36. The van der Waals surface area contributed by atoms with E-state index in [2.05, 4.69) is 26.6 Å². The molecule has 2 rings (SSSR count). The smallest absolute Gasteiger partial charge is 0.416 e. The molecule has 294 valence electrons. The van der Waals surface area contributed by atoms with Crippen LogP contribution in [-0.4, -0.2) is 73.6 Å². The molecule has 1 aromatic carbocycles. The topological polar surface area (TPSA) is 181 Å². The van der Waals surface area contributed by atoms with E-state index in [1.54, 1.807) is 55.4 Å². The number of rotatable bonds is 15. The summed E-state index contributed by atoms with van der Waals surface area (Å²) in [5.41, 5.74) is -1.13. The van der Waals surface area contributed by atoms with E-state index in [4.69, 9.17) is 9.47 Å². The van der Waals surface area contributed by atoms with Gasteiger partial charge >= 0.3 is 18.2 Å². The normalized spacial score (nSPS) is 13.4. The first kappa shape index (κ1) is 44.5. The van der Waals surface area contributed by atoms with Crippen LogP contribution in [0.1, 0.15) is 104 Å². The van der Waals surface area contributed by atoms with Gasteiger partial charge in [-0.1, -0.05) is 46.8 Å². The molecule has 13 nitrogen and oxygen atoms in total. The van der Waals surface area contributed by atoms with Crippen LogP contribution in [0.3, 0.4) is 0 Å². The Bertz CT molecular complexity index is 1630. The van der Waals surface area contributed by atoms with Crippen LogP contribution in [-0.2, 0) is 30.0 Å². The Morgan fingerprint density at radius 1 is 0.811 bits per heavy atom. The maximum Gasteiger partial charge on any atom is 0.416 e. The SMILES string of the molecule is CCC(C(=O)Nc1sc(C(=O)NCCNC(=O)[C@@H](NC(=O)[C@@H](NC(=O)OC(C)(C)C)C(C)C)C(C)C)c(C)c1C(=O)OC)c1ccc(C(F)(F)F)cc1. The maximum atomic E-state index is 13.3. The molecule has 0 fully saturated rings. The number of halogens is 3. The van der Waals surface area contributed by atoms with Crippen molar-refractivity contribution in [2.75, 3.05) is 25.5 Å². The molecule has 5 N–H and O–H groups in total. The van der Waals surface area contributed by atoms with E-state index >= 15 is 0 Å². The maximum absolute atomic E-state index is 13.3. The van der Waals surface area contributed by atoms with Gasteiger partial charge in [0.15, 0.2) is 0 Å². The van der Waals surface area contributed by atoms with Crippen LogP contribution in [0.5, 0.6) is 0 Å². The first-order valence-electron chi connectivity index (χ1n) is 17.1. The number of anilines is 1. The van der Waals surface area contributed by atoms with Crippen molar-refractivity contribution in [3.05, 3.63) is 51.4 Å². The molecule has 0 aliphatic heterocycles. The summed E-state index contributed by atoms with van der Waals surface area (Å²) in [6.07, 6.45) is -5.08. The third-order valence-corrected chi connectivity index (χ3v) is 9.13. The largest absolute Gasteiger partial charge is 0.465 e. The molecule has 0 radical (unpaired) electrons. The zero-order chi connectivity index (χ0) is 40.4. The number of alkyl halides is 3. The highest BCUT2D eigenvalue weighted by atomic mass is 32.1. The summed E-state index contributed by atoms with van der Waals surface area (Å²) in [7, 11) is 1.14. The Labute approximate surface area is 311 Å². The minimum atomic E-state index is -4.54. The van der Waals surface area contributed by atoms with Gasteiger partial charge in [0, 0.05) is 13.1 Å². The van der Waals surface area contributed by atoms with Gasteiger partial charge in [-0.2, -0.15) is 13.2 Å². The summed E-state index contributed by atoms with van der Waals surface area (Å²) in [6.45, 7) is 15.1. The van der Waals surface area contributed by atoms with Crippen molar-refractivity contribution in [3.8, 4) is 0 Å². The molecule has 0 aliphatic carbocycles. The van der Waals surface area contributed by atoms with Crippen molar-refractivity contribution in [1.82, 2.24) is 21.3 Å². The average Bonchev–Trinajstić information content (AvgIpc) is 3.37. The van der Waals surface area contributed by atoms with Crippen molar-refractivity contribution < 1.29 is 51.4 Å². The van der Waals surface area contributed by atoms with E-state index in [1.807, 2.05) is 0 Å². The lowest BCUT2D eigenvalue weighted by molar-refractivity contribution is -0.137. The van der Waals surface area contributed by atoms with Crippen LogP contribution >= 0.6 is 11.3 Å². The molecular weight excluding hydrogens is 719 g/mol. The number of esters is 1. The standard InChI is InChI=1S/C36H50F3N5O8S/c1-11-23(21-12-14-22(15-13-21)36(37,38)39)28(45)44-32-24(33(49)51-10)20(6)27(53-32)31(48)41-17-16-40-29(46)25(18(2)3)42-30(47)26(19(4)5)43-34(50)52-35(7,8)9/h12-15,18-19,23,25-26H,11,16-17H2,1-10H3,(H,40,46)(H,41,48)(H,42,47)(H,43,50)(H,44,45)/t23?,25-,26-/m0/s1. The Hall–Kier alpha value is -4.67. The fourth-order valence-electron chi connectivity index (χ4n) is 5.14. The number of carbonyl (C=O) groups excluding carboxylic acids is 6. The number of methoxy groups -OCH3 is 1. The fraction of sp³-hybridized carbons (Fsp3) is 0.556. The summed E-state index contributed by atoms with van der Waals surface area (Å²) >= 11 is 0.820. The van der Waals surface area contributed by atoms with Crippen molar-refractivity contribution >= 4 is 52.0 Å². The number of ether oxygens (including phenoxy) is 2. The summed E-state index contributed by atoms with van der Waals surface area (Å²) in [4.78, 5) is 77.9. The Kier molecular flexibility index (Phi) is 15.9. The number of benzene rings is 1. The van der Waals surface area contributed by atoms with E-state index in [0.29, 0.717) is 5.56 Å². The van der Waals surface area contributed by atoms with Gasteiger partial charge in [0.1, 0.15) is 22.7 Å². The van der Waals surface area contributed by atoms with E-state index in [9.17, 15) is 41.9 Å². The van der Waals surface area contributed by atoms with E-state index < -0.39 is 71.0 Å². The molecule has 1 unspecified atom stereocenters. The molecule has 17 heteroatoms. The predicted molar refractivity (Wildman–Crippen MR) is 194 cm³/mol. The molecule has 5 amide bonds. The third kappa shape index (κ3) is 12.8. The third-order valence-electron chi connectivity index (χ3n) is 7.92. The first-order valence-corrected chi connectivity index (χ1v) is 17.9. The molecule has 3 atom stereocenters. The lowest BCUT2D eigenvalue weighted by Crippen LogP contribution is -2.57. The highest BCUT2D eigenvalue weighted by molar-refractivity contribution is 7.18. The Morgan fingerprint density at radius 3 is 1.85 bits per heavy atom. The van der Waals surface area contributed by atoms with Gasteiger partial charge in [-0.05, 0) is 69.2 Å². The van der Waals surface area contributed by atoms with Gasteiger partial charge < -0.3 is 36.1 Å². The summed E-state index contributed by atoms with van der Waals surface area (Å²) < 4.78 is 49.3. The van der Waals surface area contributed by atoms with E-state index in [1.165, 1.54) is 19.1 Å². The minimum Gasteiger partial charge on any atom is -0.465 e. The number of hydrogen-bond acceptors (Lipinski definition) is 9. The van der Waals surface area contributed by atoms with Crippen LogP contribution in [0.2, 0.25) is 0 Å². The van der Waals surface area contributed by atoms with Gasteiger partial charge in [0.25, 0.3) is 5.91 Å². The molecule has 0 bridgehead atoms. The predicted octanol–water partition coefficient (Wildman–Crippen LogP) is 5.53. The number of thiophene rings is 1. The molecular formula is C36H50F3N5O8S. The summed E-state index contributed by atoms with van der Waals surface area (Å²) in [5, 5.41) is 13.2. The number of nitrogens with one attached hydrogen (secondary N) is 5. The molecule has 0 spiro atoms. The minimum absolute atomic E-state index is 0.0274. The highest BCUT2D eigenvalue weighted by Gasteiger charge is 2.33. The number of carbonyl (C=O) groups is 6. The van der Waals surface area contributed by atoms with Crippen LogP contribution in [0.25, 0.3) is 0 Å². The molecule has 53 heavy (non-hydrogen) atoms. The quantitative estimate of drug-likeness (QED) is 0.116. The van der Waals surface area contributed by atoms with Crippen molar-refractivity contribution in [2.24, 2.45) is 11.8 Å². The van der Waals surface area contributed by atoms with Gasteiger partial charge in [-0.25, -0.2) is 9.59 Å². The van der Waals surface area contributed by atoms with Crippen LogP contribution in [0.4, 0.5) is 23.0 Å². The van der Waals surface area contributed by atoms with E-state index in [-0.39, 0.29) is 52.4 Å². The van der Waals surface area contributed by atoms with Gasteiger partial charge in [0.2, 0.25) is 17.7 Å². The molecule has 2 aromatic rings. The number of amides is 5. The van der Waals surface area contributed by atoms with Crippen molar-refractivity contribution in [2.45, 2.75) is 98.5 Å². The molecule has 1 heterocycles. The van der Waals surface area contributed by atoms with Gasteiger partial charge in [0.05, 0.1) is 29.0 Å². The van der Waals surface area contributed by atoms with Crippen molar-refractivity contribution in [3.63, 3.8) is 0 Å². The Balaban J connectivity index is 2.11.